The van der Waals surface area contributed by atoms with Gasteiger partial charge in [0.2, 0.25) is 0 Å². The number of benzene rings is 1. The number of aromatic carboxylic acids is 1. The lowest BCUT2D eigenvalue weighted by Crippen LogP contribution is -2.01. The van der Waals surface area contributed by atoms with Crippen molar-refractivity contribution >= 4 is 5.97 Å². The first kappa shape index (κ1) is 12.2. The molecular formula is C13H13NO4. The Morgan fingerprint density at radius 1 is 1.39 bits per heavy atom. The zero-order valence-corrected chi connectivity index (χ0v) is 10.1. The Hall–Kier alpha value is -2.30. The van der Waals surface area contributed by atoms with Crippen LogP contribution in [0, 0.1) is 13.8 Å². The van der Waals surface area contributed by atoms with E-state index < -0.39 is 5.97 Å². The number of aromatic nitrogens is 1. The standard InChI is InChI=1S/C13H13NO4/c1-8-3-4-10(13(15)16)6-12(8)17-7-11-5-9(2)18-14-11/h3-6H,7H2,1-2H3,(H,15,16). The van der Waals surface area contributed by atoms with E-state index in [0.717, 1.165) is 5.56 Å². The van der Waals surface area contributed by atoms with E-state index in [0.29, 0.717) is 17.2 Å². The van der Waals surface area contributed by atoms with Gasteiger partial charge < -0.3 is 14.4 Å². The maximum atomic E-state index is 10.9. The van der Waals surface area contributed by atoms with E-state index in [1.165, 1.54) is 6.07 Å². The number of hydrogen-bond acceptors (Lipinski definition) is 4. The lowest BCUT2D eigenvalue weighted by Gasteiger charge is -2.08. The van der Waals surface area contributed by atoms with Crippen molar-refractivity contribution in [1.82, 2.24) is 5.16 Å². The molecule has 0 fully saturated rings. The largest absolute Gasteiger partial charge is 0.487 e. The van der Waals surface area contributed by atoms with Gasteiger partial charge in [0, 0.05) is 6.07 Å². The number of aryl methyl sites for hydroxylation is 2. The van der Waals surface area contributed by atoms with Crippen molar-refractivity contribution in [2.45, 2.75) is 20.5 Å². The van der Waals surface area contributed by atoms with Gasteiger partial charge >= 0.3 is 5.97 Å². The van der Waals surface area contributed by atoms with E-state index in [4.69, 9.17) is 14.4 Å². The summed E-state index contributed by atoms with van der Waals surface area (Å²) in [6.45, 7) is 3.91. The Kier molecular flexibility index (Phi) is 3.32. The van der Waals surface area contributed by atoms with Gasteiger partial charge in [-0.05, 0) is 31.5 Å². The van der Waals surface area contributed by atoms with Gasteiger partial charge in [0.25, 0.3) is 0 Å². The molecule has 1 N–H and O–H groups in total. The molecule has 0 aliphatic carbocycles. The van der Waals surface area contributed by atoms with Crippen LogP contribution >= 0.6 is 0 Å². The minimum atomic E-state index is -0.975. The molecule has 0 aliphatic heterocycles. The molecule has 0 aliphatic rings. The van der Waals surface area contributed by atoms with Crippen molar-refractivity contribution in [3.63, 3.8) is 0 Å². The van der Waals surface area contributed by atoms with Crippen LogP contribution in [0.5, 0.6) is 5.75 Å². The Morgan fingerprint density at radius 3 is 2.78 bits per heavy atom. The van der Waals surface area contributed by atoms with E-state index in [-0.39, 0.29) is 12.2 Å². The van der Waals surface area contributed by atoms with Crippen molar-refractivity contribution < 1.29 is 19.2 Å². The maximum Gasteiger partial charge on any atom is 0.335 e. The number of carboxylic acids is 1. The van der Waals surface area contributed by atoms with Crippen LogP contribution in [0.2, 0.25) is 0 Å². The van der Waals surface area contributed by atoms with Gasteiger partial charge in [0.05, 0.1) is 5.56 Å². The van der Waals surface area contributed by atoms with Crippen molar-refractivity contribution in [2.24, 2.45) is 0 Å². The first-order valence-corrected chi connectivity index (χ1v) is 5.45. The van der Waals surface area contributed by atoms with Crippen LogP contribution < -0.4 is 4.74 Å². The molecule has 0 unspecified atom stereocenters. The highest BCUT2D eigenvalue weighted by Crippen LogP contribution is 2.20. The minimum absolute atomic E-state index is 0.201. The van der Waals surface area contributed by atoms with Crippen molar-refractivity contribution in [3.8, 4) is 5.75 Å². The molecule has 0 radical (unpaired) electrons. The zero-order chi connectivity index (χ0) is 13.1. The lowest BCUT2D eigenvalue weighted by atomic mass is 10.1. The summed E-state index contributed by atoms with van der Waals surface area (Å²) in [6, 6.07) is 6.54. The number of carbonyl (C=O) groups is 1. The molecule has 1 aromatic heterocycles. The molecular weight excluding hydrogens is 234 g/mol. The van der Waals surface area contributed by atoms with Gasteiger partial charge in [-0.25, -0.2) is 4.79 Å². The average molecular weight is 247 g/mol. The second kappa shape index (κ2) is 4.91. The summed E-state index contributed by atoms with van der Waals surface area (Å²) in [6.07, 6.45) is 0. The van der Waals surface area contributed by atoms with E-state index in [2.05, 4.69) is 5.16 Å². The fraction of sp³-hybridized carbons (Fsp3) is 0.231. The number of rotatable bonds is 4. The average Bonchev–Trinajstić information content (AvgIpc) is 2.74. The number of carboxylic acid groups (broad SMARTS) is 1. The third-order valence-corrected chi connectivity index (χ3v) is 2.49. The molecule has 5 nitrogen and oxygen atoms in total. The highest BCUT2D eigenvalue weighted by atomic mass is 16.5. The quantitative estimate of drug-likeness (QED) is 0.898. The fourth-order valence-corrected chi connectivity index (χ4v) is 1.53. The van der Waals surface area contributed by atoms with E-state index >= 15 is 0 Å². The molecule has 0 spiro atoms. The first-order chi connectivity index (χ1) is 8.56. The maximum absolute atomic E-state index is 10.9. The molecule has 0 bridgehead atoms. The van der Waals surface area contributed by atoms with Crippen LogP contribution in [0.1, 0.15) is 27.4 Å². The van der Waals surface area contributed by atoms with Crippen molar-refractivity contribution in [2.75, 3.05) is 0 Å². The summed E-state index contributed by atoms with van der Waals surface area (Å²) in [5, 5.41) is 12.7. The van der Waals surface area contributed by atoms with Crippen molar-refractivity contribution in [1.29, 1.82) is 0 Å². The molecule has 0 saturated carbocycles. The number of ether oxygens (including phenoxy) is 1. The zero-order valence-electron chi connectivity index (χ0n) is 10.1. The van der Waals surface area contributed by atoms with Crippen LogP contribution in [0.25, 0.3) is 0 Å². The Bertz CT molecular complexity index is 574. The molecule has 94 valence electrons. The highest BCUT2D eigenvalue weighted by Gasteiger charge is 2.08. The summed E-state index contributed by atoms with van der Waals surface area (Å²) in [5.41, 5.74) is 1.75. The SMILES string of the molecule is Cc1cc(COc2cc(C(=O)O)ccc2C)no1. The van der Waals surface area contributed by atoms with E-state index in [1.807, 2.05) is 6.92 Å². The van der Waals surface area contributed by atoms with Gasteiger partial charge in [-0.3, -0.25) is 0 Å². The number of nitrogens with zero attached hydrogens (tertiary/aromatic N) is 1. The Morgan fingerprint density at radius 2 is 2.17 bits per heavy atom. The summed E-state index contributed by atoms with van der Waals surface area (Å²) in [7, 11) is 0. The van der Waals surface area contributed by atoms with Gasteiger partial charge in [0.15, 0.2) is 0 Å². The molecule has 5 heteroatoms. The monoisotopic (exact) mass is 247 g/mol. The molecule has 1 aromatic carbocycles. The predicted octanol–water partition coefficient (Wildman–Crippen LogP) is 2.57. The number of hydrogen-bond donors (Lipinski definition) is 1. The van der Waals surface area contributed by atoms with Gasteiger partial charge in [-0.2, -0.15) is 0 Å². The van der Waals surface area contributed by atoms with E-state index in [1.54, 1.807) is 25.1 Å². The molecule has 18 heavy (non-hydrogen) atoms. The van der Waals surface area contributed by atoms with Crippen LogP contribution in [0.4, 0.5) is 0 Å². The van der Waals surface area contributed by atoms with Crippen LogP contribution in [0.15, 0.2) is 28.8 Å². The van der Waals surface area contributed by atoms with Gasteiger partial charge in [-0.1, -0.05) is 11.2 Å². The topological polar surface area (TPSA) is 72.6 Å². The highest BCUT2D eigenvalue weighted by molar-refractivity contribution is 5.88. The smallest absolute Gasteiger partial charge is 0.335 e. The molecule has 2 rings (SSSR count). The predicted molar refractivity (Wildman–Crippen MR) is 63.7 cm³/mol. The Balaban J connectivity index is 2.13. The van der Waals surface area contributed by atoms with Crippen LogP contribution in [0.3, 0.4) is 0 Å². The van der Waals surface area contributed by atoms with Crippen LogP contribution in [-0.4, -0.2) is 16.2 Å². The summed E-state index contributed by atoms with van der Waals surface area (Å²) < 4.78 is 10.5. The third-order valence-electron chi connectivity index (χ3n) is 2.49. The summed E-state index contributed by atoms with van der Waals surface area (Å²) in [4.78, 5) is 10.9. The summed E-state index contributed by atoms with van der Waals surface area (Å²) >= 11 is 0. The molecule has 0 amide bonds. The molecule has 1 heterocycles. The summed E-state index contributed by atoms with van der Waals surface area (Å²) in [5.74, 6) is 0.275. The fourth-order valence-electron chi connectivity index (χ4n) is 1.53. The molecule has 2 aromatic rings. The lowest BCUT2D eigenvalue weighted by molar-refractivity contribution is 0.0696. The van der Waals surface area contributed by atoms with Crippen LogP contribution in [-0.2, 0) is 6.61 Å². The first-order valence-electron chi connectivity index (χ1n) is 5.45. The molecule has 0 saturated heterocycles. The minimum Gasteiger partial charge on any atom is -0.487 e. The molecule has 0 atom stereocenters. The van der Waals surface area contributed by atoms with Crippen molar-refractivity contribution in [3.05, 3.63) is 46.8 Å². The van der Waals surface area contributed by atoms with E-state index in [9.17, 15) is 4.79 Å². The second-order valence-electron chi connectivity index (χ2n) is 4.00. The van der Waals surface area contributed by atoms with Gasteiger partial charge in [0.1, 0.15) is 23.8 Å². The normalized spacial score (nSPS) is 10.3. The Labute approximate surface area is 104 Å². The van der Waals surface area contributed by atoms with Gasteiger partial charge in [-0.15, -0.1) is 0 Å². The third kappa shape index (κ3) is 2.68. The second-order valence-corrected chi connectivity index (χ2v) is 4.00.